The van der Waals surface area contributed by atoms with Crippen molar-refractivity contribution in [3.63, 3.8) is 0 Å². The average molecular weight is 316 g/mol. The van der Waals surface area contributed by atoms with E-state index in [9.17, 15) is 9.59 Å². The van der Waals surface area contributed by atoms with Gasteiger partial charge in [0.05, 0.1) is 12.1 Å². The number of imide groups is 1. The van der Waals surface area contributed by atoms with Crippen molar-refractivity contribution in [3.8, 4) is 11.5 Å². The smallest absolute Gasteiger partial charge is 0.318 e. The molecule has 0 radical (unpaired) electrons. The molecule has 1 aromatic rings. The molecule has 116 valence electrons. The molecule has 0 heterocycles. The lowest BCUT2D eigenvalue weighted by Crippen LogP contribution is -2.42. The van der Waals surface area contributed by atoms with Crippen LogP contribution < -0.4 is 25.8 Å². The number of halogens is 1. The van der Waals surface area contributed by atoms with Crippen molar-refractivity contribution in [1.82, 2.24) is 10.6 Å². The number of nitrogens with two attached hydrogens (primary N) is 1. The van der Waals surface area contributed by atoms with E-state index in [4.69, 9.17) is 26.8 Å². The van der Waals surface area contributed by atoms with Gasteiger partial charge in [-0.15, -0.1) is 0 Å². The van der Waals surface area contributed by atoms with Gasteiger partial charge in [0.25, 0.3) is 5.91 Å². The summed E-state index contributed by atoms with van der Waals surface area (Å²) in [6.45, 7) is 2.07. The Kier molecular flexibility index (Phi) is 6.26. The summed E-state index contributed by atoms with van der Waals surface area (Å²) in [5.41, 5.74) is 5.78. The number of rotatable bonds is 6. The highest BCUT2D eigenvalue weighted by molar-refractivity contribution is 6.32. The fraction of sp³-hybridized carbons (Fsp3) is 0.385. The summed E-state index contributed by atoms with van der Waals surface area (Å²) in [5, 5.41) is 5.23. The quantitative estimate of drug-likeness (QED) is 0.727. The third-order valence-corrected chi connectivity index (χ3v) is 2.86. The van der Waals surface area contributed by atoms with Crippen LogP contribution in [0, 0.1) is 0 Å². The maximum absolute atomic E-state index is 11.6. The number of nitrogens with one attached hydrogen (secondary N) is 2. The molecule has 0 saturated carbocycles. The lowest BCUT2D eigenvalue weighted by molar-refractivity contribution is -0.126. The zero-order valence-electron chi connectivity index (χ0n) is 12.0. The summed E-state index contributed by atoms with van der Waals surface area (Å²) in [4.78, 5) is 22.3. The number of primary amides is 1. The van der Waals surface area contributed by atoms with Crippen molar-refractivity contribution in [1.29, 1.82) is 0 Å². The van der Waals surface area contributed by atoms with E-state index in [0.29, 0.717) is 17.3 Å². The number of hydrogen-bond acceptors (Lipinski definition) is 5. The Morgan fingerprint density at radius 3 is 2.62 bits per heavy atom. The first kappa shape index (κ1) is 17.1. The van der Waals surface area contributed by atoms with Gasteiger partial charge in [-0.2, -0.15) is 0 Å². The first-order valence-electron chi connectivity index (χ1n) is 6.17. The molecule has 0 spiro atoms. The fourth-order valence-electron chi connectivity index (χ4n) is 1.65. The van der Waals surface area contributed by atoms with E-state index in [1.807, 2.05) is 5.32 Å². The highest BCUT2D eigenvalue weighted by atomic mass is 35.5. The van der Waals surface area contributed by atoms with E-state index in [1.54, 1.807) is 19.2 Å². The standard InChI is InChI=1S/C13H18ClN3O4/c1-7(12(18)17-13(15)19)21-11-9(14)4-8(6-16-2)5-10(11)20-3/h4-5,7,16H,6H2,1-3H3,(H3,15,17,18,19). The van der Waals surface area contributed by atoms with Gasteiger partial charge in [-0.1, -0.05) is 11.6 Å². The Hall–Kier alpha value is -1.99. The van der Waals surface area contributed by atoms with Crippen LogP contribution in [-0.4, -0.2) is 32.2 Å². The number of carbonyl (C=O) groups is 2. The molecule has 0 bridgehead atoms. The summed E-state index contributed by atoms with van der Waals surface area (Å²) in [6, 6.07) is 2.50. The molecule has 1 atom stereocenters. The first-order valence-corrected chi connectivity index (χ1v) is 6.54. The van der Waals surface area contributed by atoms with Crippen molar-refractivity contribution in [2.75, 3.05) is 14.2 Å². The monoisotopic (exact) mass is 315 g/mol. The zero-order chi connectivity index (χ0) is 16.0. The Morgan fingerprint density at radius 2 is 2.10 bits per heavy atom. The van der Waals surface area contributed by atoms with Gasteiger partial charge in [-0.05, 0) is 31.7 Å². The number of urea groups is 1. The second-order valence-corrected chi connectivity index (χ2v) is 4.66. The molecule has 7 nitrogen and oxygen atoms in total. The first-order chi connectivity index (χ1) is 9.88. The molecule has 0 saturated heterocycles. The molecule has 21 heavy (non-hydrogen) atoms. The Labute approximate surface area is 127 Å². The lowest BCUT2D eigenvalue weighted by atomic mass is 10.2. The molecular weight excluding hydrogens is 298 g/mol. The highest BCUT2D eigenvalue weighted by Gasteiger charge is 2.20. The van der Waals surface area contributed by atoms with Crippen LogP contribution in [0.2, 0.25) is 5.02 Å². The van der Waals surface area contributed by atoms with E-state index in [0.717, 1.165) is 5.56 Å². The zero-order valence-corrected chi connectivity index (χ0v) is 12.8. The van der Waals surface area contributed by atoms with Gasteiger partial charge in [0.15, 0.2) is 17.6 Å². The number of carbonyl (C=O) groups excluding carboxylic acids is 2. The molecular formula is C13H18ClN3O4. The van der Waals surface area contributed by atoms with E-state index in [2.05, 4.69) is 5.32 Å². The average Bonchev–Trinajstić information content (AvgIpc) is 2.40. The second kappa shape index (κ2) is 7.70. The third-order valence-electron chi connectivity index (χ3n) is 2.58. The number of amides is 3. The fourth-order valence-corrected chi connectivity index (χ4v) is 1.92. The van der Waals surface area contributed by atoms with Crippen LogP contribution in [0.25, 0.3) is 0 Å². The van der Waals surface area contributed by atoms with Gasteiger partial charge in [0, 0.05) is 6.54 Å². The van der Waals surface area contributed by atoms with Gasteiger partial charge >= 0.3 is 6.03 Å². The Bertz CT molecular complexity index is 536. The molecule has 4 N–H and O–H groups in total. The topological polar surface area (TPSA) is 103 Å². The van der Waals surface area contributed by atoms with E-state index < -0.39 is 18.0 Å². The lowest BCUT2D eigenvalue weighted by Gasteiger charge is -2.18. The molecule has 1 rings (SSSR count). The van der Waals surface area contributed by atoms with Crippen molar-refractivity contribution in [2.45, 2.75) is 19.6 Å². The number of ether oxygens (including phenoxy) is 2. The molecule has 0 aliphatic rings. The summed E-state index contributed by atoms with van der Waals surface area (Å²) < 4.78 is 10.7. The van der Waals surface area contributed by atoms with Crippen LogP contribution in [0.5, 0.6) is 11.5 Å². The molecule has 3 amide bonds. The SMILES string of the molecule is CNCc1cc(Cl)c(OC(C)C(=O)NC(N)=O)c(OC)c1. The molecule has 0 aliphatic heterocycles. The van der Waals surface area contributed by atoms with Crippen molar-refractivity contribution in [2.24, 2.45) is 5.73 Å². The van der Waals surface area contributed by atoms with Gasteiger partial charge in [-0.3, -0.25) is 10.1 Å². The van der Waals surface area contributed by atoms with Gasteiger partial charge in [-0.25, -0.2) is 4.79 Å². The minimum absolute atomic E-state index is 0.228. The van der Waals surface area contributed by atoms with Crippen molar-refractivity contribution >= 4 is 23.5 Å². The molecule has 0 aliphatic carbocycles. The third kappa shape index (κ3) is 4.80. The van der Waals surface area contributed by atoms with Crippen molar-refractivity contribution < 1.29 is 19.1 Å². The molecule has 1 unspecified atom stereocenters. The Balaban J connectivity index is 2.96. The summed E-state index contributed by atoms with van der Waals surface area (Å²) in [5.74, 6) is -0.0439. The summed E-state index contributed by atoms with van der Waals surface area (Å²) >= 11 is 6.15. The van der Waals surface area contributed by atoms with Crippen LogP contribution in [0.4, 0.5) is 4.79 Å². The number of hydrogen-bond donors (Lipinski definition) is 3. The maximum atomic E-state index is 11.6. The predicted octanol–water partition coefficient (Wildman–Crippen LogP) is 1.03. The van der Waals surface area contributed by atoms with Crippen LogP contribution in [0.3, 0.4) is 0 Å². The van der Waals surface area contributed by atoms with Crippen LogP contribution in [0.15, 0.2) is 12.1 Å². The van der Waals surface area contributed by atoms with E-state index >= 15 is 0 Å². The molecule has 1 aromatic carbocycles. The highest BCUT2D eigenvalue weighted by Crippen LogP contribution is 2.37. The number of methoxy groups -OCH3 is 1. The largest absolute Gasteiger partial charge is 0.493 e. The minimum atomic E-state index is -0.959. The molecule has 0 fully saturated rings. The second-order valence-electron chi connectivity index (χ2n) is 4.25. The van der Waals surface area contributed by atoms with Crippen LogP contribution in [-0.2, 0) is 11.3 Å². The van der Waals surface area contributed by atoms with Crippen LogP contribution in [0.1, 0.15) is 12.5 Å². The number of benzene rings is 1. The molecule has 8 heteroatoms. The minimum Gasteiger partial charge on any atom is -0.493 e. The van der Waals surface area contributed by atoms with E-state index in [1.165, 1.54) is 14.0 Å². The van der Waals surface area contributed by atoms with Crippen molar-refractivity contribution in [3.05, 3.63) is 22.7 Å². The summed E-state index contributed by atoms with van der Waals surface area (Å²) in [7, 11) is 3.27. The van der Waals surface area contributed by atoms with Crippen LogP contribution >= 0.6 is 11.6 Å². The predicted molar refractivity (Wildman–Crippen MR) is 78.6 cm³/mol. The van der Waals surface area contributed by atoms with Gasteiger partial charge in [0.2, 0.25) is 0 Å². The van der Waals surface area contributed by atoms with Gasteiger partial charge in [0.1, 0.15) is 0 Å². The Morgan fingerprint density at radius 1 is 1.43 bits per heavy atom. The maximum Gasteiger partial charge on any atom is 0.318 e. The van der Waals surface area contributed by atoms with Gasteiger partial charge < -0.3 is 20.5 Å². The normalized spacial score (nSPS) is 11.6. The summed E-state index contributed by atoms with van der Waals surface area (Å²) in [6.07, 6.45) is -0.959. The van der Waals surface area contributed by atoms with E-state index in [-0.39, 0.29) is 5.75 Å². The molecule has 0 aromatic heterocycles.